The van der Waals surface area contributed by atoms with Crippen molar-refractivity contribution in [2.75, 3.05) is 12.3 Å². The van der Waals surface area contributed by atoms with Gasteiger partial charge in [0.2, 0.25) is 0 Å². The minimum Gasteiger partial charge on any atom is -0.494 e. The third-order valence-electron chi connectivity index (χ3n) is 1.94. The van der Waals surface area contributed by atoms with Crippen molar-refractivity contribution in [2.24, 2.45) is 0 Å². The fourth-order valence-electron chi connectivity index (χ4n) is 1.12. The first-order valence-corrected chi connectivity index (χ1v) is 5.87. The van der Waals surface area contributed by atoms with Crippen LogP contribution in [0.1, 0.15) is 13.8 Å². The smallest absolute Gasteiger partial charge is 0.120 e. The molecule has 1 rings (SSSR count). The Kier molecular flexibility index (Phi) is 4.56. The minimum atomic E-state index is 0.351. The van der Waals surface area contributed by atoms with E-state index in [1.807, 2.05) is 31.2 Å². The van der Waals surface area contributed by atoms with Crippen molar-refractivity contribution >= 4 is 17.4 Å². The van der Waals surface area contributed by atoms with Gasteiger partial charge in [0.1, 0.15) is 5.75 Å². The number of nitrogen functional groups attached to an aromatic ring is 1. The van der Waals surface area contributed by atoms with Crippen LogP contribution in [0.25, 0.3) is 0 Å². The lowest BCUT2D eigenvalue weighted by Crippen LogP contribution is -1.96. The fourth-order valence-corrected chi connectivity index (χ4v) is 2.01. The Labute approximate surface area is 95.5 Å². The van der Waals surface area contributed by atoms with Crippen LogP contribution in [0.15, 0.2) is 35.7 Å². The van der Waals surface area contributed by atoms with E-state index in [1.165, 1.54) is 0 Å². The van der Waals surface area contributed by atoms with Gasteiger partial charge in [0.15, 0.2) is 0 Å². The third-order valence-corrected chi connectivity index (χ3v) is 3.11. The first-order valence-electron chi connectivity index (χ1n) is 4.99. The van der Waals surface area contributed by atoms with Crippen molar-refractivity contribution in [1.29, 1.82) is 0 Å². The zero-order valence-corrected chi connectivity index (χ0v) is 10.0. The SMILES string of the molecule is C=CC(C)Sc1cc(OCC)ccc1N. The number of ether oxygens (including phenoxy) is 1. The number of thioether (sulfide) groups is 1. The monoisotopic (exact) mass is 223 g/mol. The number of anilines is 1. The molecule has 2 N–H and O–H groups in total. The lowest BCUT2D eigenvalue weighted by atomic mass is 10.3. The summed E-state index contributed by atoms with van der Waals surface area (Å²) in [5.41, 5.74) is 6.67. The maximum absolute atomic E-state index is 5.88. The van der Waals surface area contributed by atoms with Crippen LogP contribution in [0.2, 0.25) is 0 Å². The first kappa shape index (κ1) is 12.0. The molecule has 0 fully saturated rings. The zero-order chi connectivity index (χ0) is 11.3. The van der Waals surface area contributed by atoms with Gasteiger partial charge in [-0.15, -0.1) is 18.3 Å². The average molecular weight is 223 g/mol. The molecule has 1 aromatic rings. The molecule has 0 bridgehead atoms. The summed E-state index contributed by atoms with van der Waals surface area (Å²) in [6.45, 7) is 8.48. The molecule has 0 aliphatic heterocycles. The van der Waals surface area contributed by atoms with Gasteiger partial charge in [-0.25, -0.2) is 0 Å². The van der Waals surface area contributed by atoms with Crippen LogP contribution in [-0.4, -0.2) is 11.9 Å². The summed E-state index contributed by atoms with van der Waals surface area (Å²) in [5, 5.41) is 0.351. The maximum Gasteiger partial charge on any atom is 0.120 e. The van der Waals surface area contributed by atoms with Crippen LogP contribution in [0.3, 0.4) is 0 Å². The molecule has 1 aromatic carbocycles. The van der Waals surface area contributed by atoms with Crippen LogP contribution in [0.5, 0.6) is 5.75 Å². The number of nitrogens with two attached hydrogens (primary N) is 1. The van der Waals surface area contributed by atoms with E-state index in [1.54, 1.807) is 11.8 Å². The Morgan fingerprint density at radius 3 is 2.93 bits per heavy atom. The van der Waals surface area contributed by atoms with E-state index in [9.17, 15) is 0 Å². The molecule has 1 atom stereocenters. The Hall–Kier alpha value is -1.09. The van der Waals surface area contributed by atoms with E-state index in [0.29, 0.717) is 11.9 Å². The third kappa shape index (κ3) is 3.51. The number of hydrogen-bond acceptors (Lipinski definition) is 3. The molecule has 15 heavy (non-hydrogen) atoms. The highest BCUT2D eigenvalue weighted by Gasteiger charge is 2.05. The van der Waals surface area contributed by atoms with Gasteiger partial charge in [0.25, 0.3) is 0 Å². The van der Waals surface area contributed by atoms with Crippen LogP contribution < -0.4 is 10.5 Å². The van der Waals surface area contributed by atoms with Crippen molar-refractivity contribution in [3.8, 4) is 5.75 Å². The van der Waals surface area contributed by atoms with Gasteiger partial charge in [0, 0.05) is 15.8 Å². The predicted molar refractivity (Wildman–Crippen MR) is 67.5 cm³/mol. The standard InChI is InChI=1S/C12H17NOS/c1-4-9(3)15-12-8-10(14-5-2)6-7-11(12)13/h4,6-9H,1,5,13H2,2-3H3. The predicted octanol–water partition coefficient (Wildman–Crippen LogP) is 3.33. The molecule has 0 aliphatic rings. The summed E-state index contributed by atoms with van der Waals surface area (Å²) in [4.78, 5) is 1.05. The second-order valence-corrected chi connectivity index (χ2v) is 4.61. The summed E-state index contributed by atoms with van der Waals surface area (Å²) >= 11 is 1.69. The van der Waals surface area contributed by atoms with Gasteiger partial charge in [0.05, 0.1) is 6.61 Å². The second-order valence-electron chi connectivity index (χ2n) is 3.19. The average Bonchev–Trinajstić information content (AvgIpc) is 2.23. The van der Waals surface area contributed by atoms with Gasteiger partial charge >= 0.3 is 0 Å². The van der Waals surface area contributed by atoms with Crippen LogP contribution in [0, 0.1) is 0 Å². The number of benzene rings is 1. The van der Waals surface area contributed by atoms with Gasteiger partial charge < -0.3 is 10.5 Å². The van der Waals surface area contributed by atoms with E-state index in [-0.39, 0.29) is 0 Å². The largest absolute Gasteiger partial charge is 0.494 e. The topological polar surface area (TPSA) is 35.2 Å². The van der Waals surface area contributed by atoms with Crippen LogP contribution >= 0.6 is 11.8 Å². The molecule has 0 saturated carbocycles. The van der Waals surface area contributed by atoms with E-state index in [4.69, 9.17) is 10.5 Å². The maximum atomic E-state index is 5.88. The lowest BCUT2D eigenvalue weighted by molar-refractivity contribution is 0.339. The van der Waals surface area contributed by atoms with Gasteiger partial charge in [-0.1, -0.05) is 6.08 Å². The van der Waals surface area contributed by atoms with E-state index < -0.39 is 0 Å². The highest BCUT2D eigenvalue weighted by molar-refractivity contribution is 8.00. The molecular formula is C12H17NOS. The molecule has 0 spiro atoms. The lowest BCUT2D eigenvalue weighted by Gasteiger charge is -2.11. The van der Waals surface area contributed by atoms with Gasteiger partial charge in [-0.2, -0.15) is 0 Å². The number of hydrogen-bond donors (Lipinski definition) is 1. The number of rotatable bonds is 5. The Morgan fingerprint density at radius 1 is 1.60 bits per heavy atom. The molecule has 0 radical (unpaired) electrons. The van der Waals surface area contributed by atoms with E-state index in [0.717, 1.165) is 16.3 Å². The normalized spacial score (nSPS) is 12.1. The summed E-state index contributed by atoms with van der Waals surface area (Å²) in [6, 6.07) is 5.74. The Bertz CT molecular complexity index is 338. The molecule has 0 aromatic heterocycles. The zero-order valence-electron chi connectivity index (χ0n) is 9.19. The Morgan fingerprint density at radius 2 is 2.33 bits per heavy atom. The Balaban J connectivity index is 2.84. The minimum absolute atomic E-state index is 0.351. The van der Waals surface area contributed by atoms with Crippen molar-refractivity contribution in [1.82, 2.24) is 0 Å². The van der Waals surface area contributed by atoms with E-state index in [2.05, 4.69) is 13.5 Å². The van der Waals surface area contributed by atoms with Gasteiger partial charge in [-0.3, -0.25) is 0 Å². The summed E-state index contributed by atoms with van der Waals surface area (Å²) < 4.78 is 5.42. The van der Waals surface area contributed by atoms with Crippen molar-refractivity contribution < 1.29 is 4.74 Å². The summed E-state index contributed by atoms with van der Waals surface area (Å²) in [6.07, 6.45) is 1.90. The molecule has 0 heterocycles. The van der Waals surface area contributed by atoms with Crippen molar-refractivity contribution in [2.45, 2.75) is 24.0 Å². The van der Waals surface area contributed by atoms with Crippen molar-refractivity contribution in [3.05, 3.63) is 30.9 Å². The molecule has 82 valence electrons. The molecule has 2 nitrogen and oxygen atoms in total. The van der Waals surface area contributed by atoms with Gasteiger partial charge in [-0.05, 0) is 32.0 Å². The molecule has 1 unspecified atom stereocenters. The summed E-state index contributed by atoms with van der Waals surface area (Å²) in [7, 11) is 0. The van der Waals surface area contributed by atoms with E-state index >= 15 is 0 Å². The molecule has 3 heteroatoms. The molecule has 0 aliphatic carbocycles. The van der Waals surface area contributed by atoms with Crippen LogP contribution in [0.4, 0.5) is 5.69 Å². The van der Waals surface area contributed by atoms with Crippen LogP contribution in [-0.2, 0) is 0 Å². The second kappa shape index (κ2) is 5.71. The molecule has 0 saturated heterocycles. The highest BCUT2D eigenvalue weighted by Crippen LogP contribution is 2.32. The first-order chi connectivity index (χ1) is 7.17. The fraction of sp³-hybridized carbons (Fsp3) is 0.333. The molecule has 0 amide bonds. The summed E-state index contributed by atoms with van der Waals surface area (Å²) in [5.74, 6) is 0.866. The molecular weight excluding hydrogens is 206 g/mol. The quantitative estimate of drug-likeness (QED) is 0.472. The highest BCUT2D eigenvalue weighted by atomic mass is 32.2. The van der Waals surface area contributed by atoms with Crippen molar-refractivity contribution in [3.63, 3.8) is 0 Å².